The molecule has 0 aliphatic carbocycles. The fraction of sp³-hybridized carbons (Fsp3) is 0.529. The molecule has 3 rings (SSSR count). The Kier molecular flexibility index (Phi) is 5.20. The fourth-order valence-electron chi connectivity index (χ4n) is 3.28. The van der Waals surface area contributed by atoms with Crippen molar-refractivity contribution < 1.29 is 13.3 Å². The maximum atomic E-state index is 14.1. The molecule has 1 atom stereocenters. The zero-order chi connectivity index (χ0) is 17.1. The largest absolute Gasteiger partial charge is 0.338 e. The standard InChI is InChI=1S/C17H22F2N4O/c1-3-16(14-5-4-13(18)10-15(14)19)23-8-6-22(7-9-23)11-17-20-12(2)21-24-17/h4-5,10,16H,3,6-9,11H2,1-2H3/t16-/m1/s1. The van der Waals surface area contributed by atoms with Gasteiger partial charge in [-0.15, -0.1) is 0 Å². The number of halogens is 2. The second-order valence-corrected chi connectivity index (χ2v) is 6.14. The molecule has 1 aliphatic rings. The van der Waals surface area contributed by atoms with E-state index < -0.39 is 11.6 Å². The average Bonchev–Trinajstić information content (AvgIpc) is 2.96. The summed E-state index contributed by atoms with van der Waals surface area (Å²) in [6.07, 6.45) is 0.783. The Bertz CT molecular complexity index is 683. The predicted octanol–water partition coefficient (Wildman–Crippen LogP) is 2.93. The van der Waals surface area contributed by atoms with Gasteiger partial charge >= 0.3 is 0 Å². The van der Waals surface area contributed by atoms with Crippen molar-refractivity contribution in [2.24, 2.45) is 0 Å². The highest BCUT2D eigenvalue weighted by atomic mass is 19.1. The molecule has 1 aromatic heterocycles. The van der Waals surface area contributed by atoms with Crippen LogP contribution in [0.5, 0.6) is 0 Å². The van der Waals surface area contributed by atoms with E-state index in [-0.39, 0.29) is 6.04 Å². The average molecular weight is 336 g/mol. The molecule has 130 valence electrons. The number of hydrogen-bond acceptors (Lipinski definition) is 5. The highest BCUT2D eigenvalue weighted by molar-refractivity contribution is 5.22. The minimum Gasteiger partial charge on any atom is -0.338 e. The third-order valence-electron chi connectivity index (χ3n) is 4.48. The molecule has 1 saturated heterocycles. The topological polar surface area (TPSA) is 45.4 Å². The van der Waals surface area contributed by atoms with Crippen molar-refractivity contribution in [2.75, 3.05) is 26.2 Å². The first-order chi connectivity index (χ1) is 11.6. The summed E-state index contributed by atoms with van der Waals surface area (Å²) in [5.41, 5.74) is 0.569. The monoisotopic (exact) mass is 336 g/mol. The molecule has 0 bridgehead atoms. The number of aryl methyl sites for hydroxylation is 1. The van der Waals surface area contributed by atoms with Crippen LogP contribution in [-0.2, 0) is 6.54 Å². The summed E-state index contributed by atoms with van der Waals surface area (Å²) in [6, 6.07) is 3.83. The van der Waals surface area contributed by atoms with E-state index in [0.717, 1.165) is 38.7 Å². The van der Waals surface area contributed by atoms with Crippen molar-refractivity contribution in [1.82, 2.24) is 19.9 Å². The molecule has 0 saturated carbocycles. The number of benzene rings is 1. The summed E-state index contributed by atoms with van der Waals surface area (Å²) in [7, 11) is 0. The summed E-state index contributed by atoms with van der Waals surface area (Å²) < 4.78 is 32.4. The minimum atomic E-state index is -0.536. The maximum Gasteiger partial charge on any atom is 0.240 e. The molecule has 0 amide bonds. The van der Waals surface area contributed by atoms with Crippen molar-refractivity contribution in [1.29, 1.82) is 0 Å². The quantitative estimate of drug-likeness (QED) is 0.840. The fourth-order valence-corrected chi connectivity index (χ4v) is 3.28. The molecule has 1 fully saturated rings. The number of nitrogens with zero attached hydrogens (tertiary/aromatic N) is 4. The van der Waals surface area contributed by atoms with Gasteiger partial charge < -0.3 is 4.52 Å². The van der Waals surface area contributed by atoms with Crippen LogP contribution in [0.1, 0.15) is 36.7 Å². The first-order valence-electron chi connectivity index (χ1n) is 8.27. The van der Waals surface area contributed by atoms with Crippen LogP contribution < -0.4 is 0 Å². The highest BCUT2D eigenvalue weighted by Crippen LogP contribution is 2.28. The normalized spacial score (nSPS) is 18.0. The molecule has 0 radical (unpaired) electrons. The van der Waals surface area contributed by atoms with Crippen molar-refractivity contribution in [2.45, 2.75) is 32.9 Å². The van der Waals surface area contributed by atoms with Gasteiger partial charge in [0, 0.05) is 43.9 Å². The van der Waals surface area contributed by atoms with Crippen molar-refractivity contribution in [3.8, 4) is 0 Å². The summed E-state index contributed by atoms with van der Waals surface area (Å²) >= 11 is 0. The summed E-state index contributed by atoms with van der Waals surface area (Å²) in [6.45, 7) is 7.80. The molecule has 2 aromatic rings. The lowest BCUT2D eigenvalue weighted by molar-refractivity contribution is 0.0817. The Balaban J connectivity index is 1.62. The molecule has 24 heavy (non-hydrogen) atoms. The van der Waals surface area contributed by atoms with Gasteiger partial charge in [0.1, 0.15) is 11.6 Å². The second-order valence-electron chi connectivity index (χ2n) is 6.14. The van der Waals surface area contributed by atoms with Crippen molar-refractivity contribution >= 4 is 0 Å². The lowest BCUT2D eigenvalue weighted by Gasteiger charge is -2.38. The Morgan fingerprint density at radius 2 is 1.96 bits per heavy atom. The number of rotatable bonds is 5. The Labute approximate surface area is 140 Å². The Morgan fingerprint density at radius 1 is 1.21 bits per heavy atom. The molecule has 2 heterocycles. The van der Waals surface area contributed by atoms with Gasteiger partial charge in [0.05, 0.1) is 6.54 Å². The second kappa shape index (κ2) is 7.36. The molecule has 0 N–H and O–H groups in total. The lowest BCUT2D eigenvalue weighted by atomic mass is 10.0. The molecule has 5 nitrogen and oxygen atoms in total. The van der Waals surface area contributed by atoms with Gasteiger partial charge in [-0.3, -0.25) is 9.80 Å². The van der Waals surface area contributed by atoms with E-state index >= 15 is 0 Å². The smallest absolute Gasteiger partial charge is 0.240 e. The van der Waals surface area contributed by atoms with Gasteiger partial charge in [-0.25, -0.2) is 8.78 Å². The Morgan fingerprint density at radius 3 is 2.54 bits per heavy atom. The van der Waals surface area contributed by atoms with Gasteiger partial charge in [0.2, 0.25) is 5.89 Å². The van der Waals surface area contributed by atoms with Crippen molar-refractivity contribution in [3.63, 3.8) is 0 Å². The van der Waals surface area contributed by atoms with Gasteiger partial charge in [-0.1, -0.05) is 18.1 Å². The van der Waals surface area contributed by atoms with Gasteiger partial charge in [0.25, 0.3) is 0 Å². The van der Waals surface area contributed by atoms with E-state index in [0.29, 0.717) is 23.8 Å². The first kappa shape index (κ1) is 17.0. The Hall–Kier alpha value is -1.86. The number of piperazine rings is 1. The molecular weight excluding hydrogens is 314 g/mol. The van der Waals surface area contributed by atoms with Gasteiger partial charge in [-0.05, 0) is 19.4 Å². The molecule has 1 aliphatic heterocycles. The zero-order valence-electron chi connectivity index (χ0n) is 14.0. The van der Waals surface area contributed by atoms with Crippen molar-refractivity contribution in [3.05, 3.63) is 47.1 Å². The van der Waals surface area contributed by atoms with E-state index in [1.165, 1.54) is 6.07 Å². The van der Waals surface area contributed by atoms with Crippen LogP contribution in [0.3, 0.4) is 0 Å². The molecule has 0 unspecified atom stereocenters. The van der Waals surface area contributed by atoms with E-state index in [1.807, 2.05) is 6.92 Å². The van der Waals surface area contributed by atoms with Crippen LogP contribution in [0.25, 0.3) is 0 Å². The third-order valence-corrected chi connectivity index (χ3v) is 4.48. The van der Waals surface area contributed by atoms with E-state index in [2.05, 4.69) is 19.9 Å². The van der Waals surface area contributed by atoms with Crippen LogP contribution in [0.15, 0.2) is 22.7 Å². The molecule has 0 spiro atoms. The minimum absolute atomic E-state index is 0.0293. The van der Waals surface area contributed by atoms with Gasteiger partial charge in [0.15, 0.2) is 5.82 Å². The molecule has 7 heteroatoms. The number of hydrogen-bond donors (Lipinski definition) is 0. The molecular formula is C17H22F2N4O. The van der Waals surface area contributed by atoms with E-state index in [9.17, 15) is 8.78 Å². The van der Waals surface area contributed by atoms with Gasteiger partial charge in [-0.2, -0.15) is 4.98 Å². The summed E-state index contributed by atoms with van der Waals surface area (Å²) in [5, 5.41) is 3.80. The molecule has 1 aromatic carbocycles. The zero-order valence-corrected chi connectivity index (χ0v) is 14.0. The first-order valence-corrected chi connectivity index (χ1v) is 8.27. The highest BCUT2D eigenvalue weighted by Gasteiger charge is 2.26. The van der Waals surface area contributed by atoms with Crippen LogP contribution in [0.2, 0.25) is 0 Å². The summed E-state index contributed by atoms with van der Waals surface area (Å²) in [4.78, 5) is 8.73. The SMILES string of the molecule is CC[C@H](c1ccc(F)cc1F)N1CCN(Cc2nc(C)no2)CC1. The summed E-state index contributed by atoms with van der Waals surface area (Å²) in [5.74, 6) is 0.260. The van der Waals surface area contributed by atoms with Crippen LogP contribution >= 0.6 is 0 Å². The maximum absolute atomic E-state index is 14.1. The van der Waals surface area contributed by atoms with Crippen LogP contribution in [-0.4, -0.2) is 46.1 Å². The van der Waals surface area contributed by atoms with E-state index in [4.69, 9.17) is 4.52 Å². The van der Waals surface area contributed by atoms with Crippen LogP contribution in [0.4, 0.5) is 8.78 Å². The third kappa shape index (κ3) is 3.79. The van der Waals surface area contributed by atoms with Crippen LogP contribution in [0, 0.1) is 18.6 Å². The predicted molar refractivity (Wildman–Crippen MR) is 85.3 cm³/mol. The van der Waals surface area contributed by atoms with E-state index in [1.54, 1.807) is 13.0 Å². The lowest BCUT2D eigenvalue weighted by Crippen LogP contribution is -2.47. The number of aromatic nitrogens is 2.